The summed E-state index contributed by atoms with van der Waals surface area (Å²) in [5, 5.41) is 10.9. The number of benzene rings is 2. The molecule has 3 rings (SSSR count). The Morgan fingerprint density at radius 2 is 1.68 bits per heavy atom. The lowest BCUT2D eigenvalue weighted by Gasteiger charge is -2.11. The van der Waals surface area contributed by atoms with Crippen molar-refractivity contribution in [3.63, 3.8) is 0 Å². The Morgan fingerprint density at radius 3 is 2.32 bits per heavy atom. The summed E-state index contributed by atoms with van der Waals surface area (Å²) in [5.74, 6) is -1.92. The maximum atomic E-state index is 12.7. The van der Waals surface area contributed by atoms with Crippen LogP contribution in [0.2, 0.25) is 0 Å². The highest BCUT2D eigenvalue weighted by molar-refractivity contribution is 6.00. The molecule has 0 fully saturated rings. The van der Waals surface area contributed by atoms with Gasteiger partial charge in [0.2, 0.25) is 0 Å². The number of allylic oxidation sites excluding steroid dienone is 1. The number of nitrogens with zero attached hydrogens (tertiary/aromatic N) is 3. The molecule has 1 N–H and O–H groups in total. The fourth-order valence-corrected chi connectivity index (χ4v) is 2.52. The van der Waals surface area contributed by atoms with Crippen LogP contribution in [-0.2, 0) is 17.9 Å². The maximum absolute atomic E-state index is 12.7. The van der Waals surface area contributed by atoms with Crippen molar-refractivity contribution in [1.82, 2.24) is 20.3 Å². The number of rotatable bonds is 7. The summed E-state index contributed by atoms with van der Waals surface area (Å²) >= 11 is 0. The van der Waals surface area contributed by atoms with Gasteiger partial charge in [-0.1, -0.05) is 65.9 Å². The van der Waals surface area contributed by atoms with Crippen molar-refractivity contribution >= 4 is 11.5 Å². The van der Waals surface area contributed by atoms with Gasteiger partial charge in [0.1, 0.15) is 5.69 Å². The maximum Gasteiger partial charge on any atom is 0.454 e. The fourth-order valence-electron chi connectivity index (χ4n) is 2.52. The van der Waals surface area contributed by atoms with Crippen LogP contribution in [0, 0.1) is 0 Å². The molecular formula is C20H17F3N4O. The van der Waals surface area contributed by atoms with E-state index >= 15 is 0 Å². The molecule has 0 saturated carbocycles. The lowest BCUT2D eigenvalue weighted by Crippen LogP contribution is -2.22. The topological polar surface area (TPSA) is 59.8 Å². The van der Waals surface area contributed by atoms with Crippen molar-refractivity contribution in [2.24, 2.45) is 0 Å². The third-order valence-electron chi connectivity index (χ3n) is 3.87. The van der Waals surface area contributed by atoms with Gasteiger partial charge in [0.05, 0.1) is 19.3 Å². The van der Waals surface area contributed by atoms with E-state index < -0.39 is 12.0 Å². The second-order valence-electron chi connectivity index (χ2n) is 6.03. The predicted octanol–water partition coefficient (Wildman–Crippen LogP) is 3.59. The SMILES string of the molecule is O=C(/C=C(\NCc1cn(Cc2ccccc2)nn1)c1ccccc1)C(F)(F)F. The van der Waals surface area contributed by atoms with E-state index in [2.05, 4.69) is 15.6 Å². The first-order chi connectivity index (χ1) is 13.4. The highest BCUT2D eigenvalue weighted by Gasteiger charge is 2.36. The molecule has 0 atom stereocenters. The van der Waals surface area contributed by atoms with E-state index in [4.69, 9.17) is 0 Å². The van der Waals surface area contributed by atoms with Gasteiger partial charge in [-0.3, -0.25) is 4.79 Å². The van der Waals surface area contributed by atoms with Gasteiger partial charge in [-0.15, -0.1) is 5.10 Å². The Morgan fingerprint density at radius 1 is 1.04 bits per heavy atom. The number of nitrogens with one attached hydrogen (secondary N) is 1. The van der Waals surface area contributed by atoms with Crippen LogP contribution in [0.25, 0.3) is 5.70 Å². The highest BCUT2D eigenvalue weighted by Crippen LogP contribution is 2.20. The monoisotopic (exact) mass is 386 g/mol. The Bertz CT molecular complexity index is 950. The number of carbonyl (C=O) groups excluding carboxylic acids is 1. The molecule has 144 valence electrons. The molecule has 0 spiro atoms. The van der Waals surface area contributed by atoms with E-state index in [1.807, 2.05) is 30.3 Å². The van der Waals surface area contributed by atoms with E-state index in [0.29, 0.717) is 23.9 Å². The zero-order valence-corrected chi connectivity index (χ0v) is 14.7. The third kappa shape index (κ3) is 5.29. The molecule has 0 aliphatic carbocycles. The summed E-state index contributed by atoms with van der Waals surface area (Å²) in [6.07, 6.45) is -2.67. The van der Waals surface area contributed by atoms with E-state index in [0.717, 1.165) is 5.56 Å². The van der Waals surface area contributed by atoms with E-state index in [9.17, 15) is 18.0 Å². The number of hydrogen-bond donors (Lipinski definition) is 1. The standard InChI is InChI=1S/C20H17F3N4O/c21-20(22,23)19(28)11-18(16-9-5-2-6-10-16)24-12-17-14-27(26-25-17)13-15-7-3-1-4-8-15/h1-11,14,24H,12-13H2/b18-11-. The molecule has 2 aromatic carbocycles. The molecule has 0 amide bonds. The molecule has 0 radical (unpaired) electrons. The third-order valence-corrected chi connectivity index (χ3v) is 3.87. The van der Waals surface area contributed by atoms with Crippen molar-refractivity contribution in [2.45, 2.75) is 19.3 Å². The molecule has 1 heterocycles. The first kappa shape index (κ1) is 19.3. The number of aromatic nitrogens is 3. The Kier molecular flexibility index (Phi) is 5.88. The minimum absolute atomic E-state index is 0.0699. The van der Waals surface area contributed by atoms with Crippen molar-refractivity contribution in [3.8, 4) is 0 Å². The van der Waals surface area contributed by atoms with Crippen LogP contribution in [0.15, 0.2) is 72.9 Å². The zero-order valence-electron chi connectivity index (χ0n) is 14.7. The molecule has 1 aromatic heterocycles. The Labute approximate surface area is 159 Å². The van der Waals surface area contributed by atoms with E-state index in [1.165, 1.54) is 0 Å². The normalized spacial score (nSPS) is 12.0. The molecule has 0 saturated heterocycles. The van der Waals surface area contributed by atoms with Crippen LogP contribution in [0.5, 0.6) is 0 Å². The van der Waals surface area contributed by atoms with Crippen molar-refractivity contribution < 1.29 is 18.0 Å². The molecule has 3 aromatic rings. The van der Waals surface area contributed by atoms with Crippen LogP contribution in [0.3, 0.4) is 0 Å². The lowest BCUT2D eigenvalue weighted by molar-refractivity contribution is -0.165. The summed E-state index contributed by atoms with van der Waals surface area (Å²) in [4.78, 5) is 11.4. The zero-order chi connectivity index (χ0) is 20.0. The van der Waals surface area contributed by atoms with Crippen molar-refractivity contribution in [1.29, 1.82) is 0 Å². The van der Waals surface area contributed by atoms with Crippen LogP contribution in [0.4, 0.5) is 13.2 Å². The molecule has 0 aliphatic rings. The average molecular weight is 386 g/mol. The Hall–Kier alpha value is -3.42. The van der Waals surface area contributed by atoms with E-state index in [1.54, 1.807) is 41.2 Å². The number of ketones is 1. The number of halogens is 3. The van der Waals surface area contributed by atoms with Gasteiger partial charge in [-0.25, -0.2) is 4.68 Å². The number of hydrogen-bond acceptors (Lipinski definition) is 4. The minimum atomic E-state index is -4.93. The summed E-state index contributed by atoms with van der Waals surface area (Å²) in [7, 11) is 0. The molecule has 0 aliphatic heterocycles. The van der Waals surface area contributed by atoms with Gasteiger partial charge in [-0.05, 0) is 11.1 Å². The molecule has 28 heavy (non-hydrogen) atoms. The van der Waals surface area contributed by atoms with Crippen molar-refractivity contribution in [2.75, 3.05) is 0 Å². The predicted molar refractivity (Wildman–Crippen MR) is 97.9 cm³/mol. The summed E-state index contributed by atoms with van der Waals surface area (Å²) in [5.41, 5.74) is 2.13. The fraction of sp³-hybridized carbons (Fsp3) is 0.150. The molecular weight excluding hydrogens is 369 g/mol. The van der Waals surface area contributed by atoms with Gasteiger partial charge in [0.25, 0.3) is 5.78 Å². The van der Waals surface area contributed by atoms with Gasteiger partial charge < -0.3 is 5.32 Å². The first-order valence-electron chi connectivity index (χ1n) is 8.47. The lowest BCUT2D eigenvalue weighted by atomic mass is 10.1. The van der Waals surface area contributed by atoms with Crippen LogP contribution < -0.4 is 5.32 Å². The highest BCUT2D eigenvalue weighted by atomic mass is 19.4. The van der Waals surface area contributed by atoms with Gasteiger partial charge in [-0.2, -0.15) is 13.2 Å². The largest absolute Gasteiger partial charge is 0.454 e. The molecule has 0 bridgehead atoms. The van der Waals surface area contributed by atoms with Gasteiger partial charge in [0, 0.05) is 11.8 Å². The summed E-state index contributed by atoms with van der Waals surface area (Å²) < 4.78 is 39.6. The number of alkyl halides is 3. The minimum Gasteiger partial charge on any atom is -0.379 e. The molecule has 5 nitrogen and oxygen atoms in total. The van der Waals surface area contributed by atoms with Crippen LogP contribution in [0.1, 0.15) is 16.8 Å². The van der Waals surface area contributed by atoms with E-state index in [-0.39, 0.29) is 12.2 Å². The van der Waals surface area contributed by atoms with Gasteiger partial charge >= 0.3 is 6.18 Å². The number of carbonyl (C=O) groups is 1. The molecule has 0 unspecified atom stereocenters. The quantitative estimate of drug-likeness (QED) is 0.631. The Balaban J connectivity index is 1.72. The average Bonchev–Trinajstić information content (AvgIpc) is 3.13. The molecule has 8 heteroatoms. The van der Waals surface area contributed by atoms with Crippen LogP contribution in [-0.4, -0.2) is 27.0 Å². The van der Waals surface area contributed by atoms with Crippen LogP contribution >= 0.6 is 0 Å². The smallest absolute Gasteiger partial charge is 0.379 e. The summed E-state index contributed by atoms with van der Waals surface area (Å²) in [6.45, 7) is 0.655. The van der Waals surface area contributed by atoms with Crippen molar-refractivity contribution in [3.05, 3.63) is 89.8 Å². The first-order valence-corrected chi connectivity index (χ1v) is 8.47. The second-order valence-corrected chi connectivity index (χ2v) is 6.03. The second kappa shape index (κ2) is 8.51. The summed E-state index contributed by atoms with van der Waals surface area (Å²) in [6, 6.07) is 18.0. The van der Waals surface area contributed by atoms with Gasteiger partial charge in [0.15, 0.2) is 0 Å².